The maximum Gasteiger partial charge on any atom is 0.131 e. The third kappa shape index (κ3) is 3.24. The Bertz CT molecular complexity index is 1070. The van der Waals surface area contributed by atoms with Gasteiger partial charge in [-0.1, -0.05) is 51.5 Å². The summed E-state index contributed by atoms with van der Waals surface area (Å²) in [5.74, 6) is 1.53. The summed E-state index contributed by atoms with van der Waals surface area (Å²) in [6, 6.07) is 5.61. The summed E-state index contributed by atoms with van der Waals surface area (Å²) in [7, 11) is 0. The smallest absolute Gasteiger partial charge is 0.131 e. The maximum absolute atomic E-state index is 15.1. The van der Waals surface area contributed by atoms with Crippen LogP contribution in [-0.2, 0) is 6.42 Å². The van der Waals surface area contributed by atoms with E-state index in [-0.39, 0.29) is 17.3 Å². The molecule has 2 bridgehead atoms. The van der Waals surface area contributed by atoms with Crippen LogP contribution in [0.15, 0.2) is 36.4 Å². The Kier molecular flexibility index (Phi) is 5.03. The molecule has 2 fully saturated rings. The third-order valence-electron chi connectivity index (χ3n) is 7.57. The average molecular weight is 417 g/mol. The first-order chi connectivity index (χ1) is 15.1. The van der Waals surface area contributed by atoms with Gasteiger partial charge in [0, 0.05) is 22.6 Å². The predicted octanol–water partition coefficient (Wildman–Crippen LogP) is 7.76. The number of halogens is 1. The van der Waals surface area contributed by atoms with Crippen molar-refractivity contribution in [3.05, 3.63) is 64.6 Å². The van der Waals surface area contributed by atoms with Crippen molar-refractivity contribution in [2.75, 3.05) is 5.32 Å². The van der Waals surface area contributed by atoms with Crippen molar-refractivity contribution in [2.24, 2.45) is 0 Å². The number of pyridine rings is 1. The fraction of sp³-hybridized carbons (Fsp3) is 0.464. The number of hydrogen-bond donors (Lipinski definition) is 1. The molecule has 2 aromatic rings. The van der Waals surface area contributed by atoms with E-state index in [1.54, 1.807) is 6.07 Å². The van der Waals surface area contributed by atoms with E-state index < -0.39 is 0 Å². The number of hydrogen-bond acceptors (Lipinski definition) is 2. The lowest BCUT2D eigenvalue weighted by Crippen LogP contribution is -2.25. The molecule has 2 saturated carbocycles. The molecule has 1 N–H and O–H groups in total. The first-order valence-corrected chi connectivity index (χ1v) is 12.1. The van der Waals surface area contributed by atoms with Crippen molar-refractivity contribution in [3.8, 4) is 11.1 Å². The van der Waals surface area contributed by atoms with Gasteiger partial charge in [0.15, 0.2) is 0 Å². The molecule has 162 valence electrons. The van der Waals surface area contributed by atoms with E-state index in [1.807, 2.05) is 26.0 Å². The summed E-state index contributed by atoms with van der Waals surface area (Å²) >= 11 is 0. The number of fused-ring (bicyclic) bond motifs is 4. The van der Waals surface area contributed by atoms with Crippen LogP contribution in [0.5, 0.6) is 0 Å². The zero-order valence-electron chi connectivity index (χ0n) is 19.0. The molecule has 1 aromatic carbocycles. The molecule has 1 aromatic heterocycles. The van der Waals surface area contributed by atoms with E-state index in [9.17, 15) is 0 Å². The number of nitrogens with one attached hydrogen (secondary N) is 1. The minimum atomic E-state index is -0.0906. The Balaban J connectivity index is 0.000000994. The number of allylic oxidation sites excluding steroid dienone is 2. The van der Waals surface area contributed by atoms with E-state index >= 15 is 4.39 Å². The number of anilines is 1. The number of benzene rings is 1. The molecule has 3 heteroatoms. The number of nitrogens with zero attached hydrogens (tertiary/aromatic N) is 1. The maximum atomic E-state index is 15.1. The Hall–Kier alpha value is -2.42. The monoisotopic (exact) mass is 416 g/mol. The highest BCUT2D eigenvalue weighted by molar-refractivity contribution is 5.87. The highest BCUT2D eigenvalue weighted by Crippen LogP contribution is 2.54. The van der Waals surface area contributed by atoms with E-state index in [2.05, 4.69) is 31.0 Å². The summed E-state index contributed by atoms with van der Waals surface area (Å²) in [5.41, 5.74) is 8.17. The minimum Gasteiger partial charge on any atom is -0.365 e. The minimum absolute atomic E-state index is 0.0571. The Morgan fingerprint density at radius 3 is 2.58 bits per heavy atom. The van der Waals surface area contributed by atoms with Crippen molar-refractivity contribution in [3.63, 3.8) is 0 Å². The molecule has 1 heterocycles. The van der Waals surface area contributed by atoms with Gasteiger partial charge >= 0.3 is 0 Å². The molecule has 4 aliphatic rings. The molecule has 0 spiro atoms. The molecular weight excluding hydrogens is 383 g/mol. The van der Waals surface area contributed by atoms with Crippen molar-refractivity contribution in [2.45, 2.75) is 83.1 Å². The van der Waals surface area contributed by atoms with Crippen LogP contribution in [0.1, 0.15) is 93.5 Å². The second kappa shape index (κ2) is 7.62. The van der Waals surface area contributed by atoms with Crippen LogP contribution in [0.3, 0.4) is 0 Å². The third-order valence-corrected chi connectivity index (χ3v) is 7.57. The van der Waals surface area contributed by atoms with Crippen molar-refractivity contribution >= 4 is 11.9 Å². The lowest BCUT2D eigenvalue weighted by molar-refractivity contribution is 0.591. The summed E-state index contributed by atoms with van der Waals surface area (Å²) in [5, 5.41) is 3.80. The fourth-order valence-electron chi connectivity index (χ4n) is 5.76. The molecule has 0 aliphatic heterocycles. The standard InChI is InChI=1S/C26H27FN2.C2H6/c1-3-15-13-21-19-14-18(15)23-17(9-6-10-20(23)27)24(19)22(16-7-4-5-8-16)25(28-21)29-26(2)11-12-26;1-2/h3,6,9-10,13,16,18H,1,4-5,7-8,11-12,14H2,2H3,(H,28,29);1-2H3. The lowest BCUT2D eigenvalue weighted by Gasteiger charge is -2.36. The van der Waals surface area contributed by atoms with Crippen LogP contribution >= 0.6 is 0 Å². The fourth-order valence-corrected chi connectivity index (χ4v) is 5.76. The molecule has 0 amide bonds. The van der Waals surface area contributed by atoms with Crippen molar-refractivity contribution in [1.82, 2.24) is 4.98 Å². The summed E-state index contributed by atoms with van der Waals surface area (Å²) in [4.78, 5) is 5.18. The van der Waals surface area contributed by atoms with Gasteiger partial charge in [0.1, 0.15) is 11.6 Å². The molecule has 0 radical (unpaired) electrons. The zero-order valence-corrected chi connectivity index (χ0v) is 19.0. The highest BCUT2D eigenvalue weighted by atomic mass is 19.1. The Morgan fingerprint density at radius 1 is 1.16 bits per heavy atom. The molecule has 4 aliphatic carbocycles. The van der Waals surface area contributed by atoms with Gasteiger partial charge in [-0.2, -0.15) is 0 Å². The van der Waals surface area contributed by atoms with E-state index in [4.69, 9.17) is 4.98 Å². The molecule has 6 rings (SSSR count). The van der Waals surface area contributed by atoms with Crippen LogP contribution in [0.25, 0.3) is 17.2 Å². The zero-order chi connectivity index (χ0) is 21.8. The predicted molar refractivity (Wildman–Crippen MR) is 128 cm³/mol. The van der Waals surface area contributed by atoms with Gasteiger partial charge in [0.25, 0.3) is 0 Å². The topological polar surface area (TPSA) is 24.9 Å². The molecule has 1 atom stereocenters. The SMILES string of the molecule is C=CC1=Cc2nc(NC3(C)CC3)c(C3CCCC3)c3c2CC1c1c(F)cccc1-3.CC. The largest absolute Gasteiger partial charge is 0.365 e. The molecule has 0 saturated heterocycles. The molecule has 1 unspecified atom stereocenters. The van der Waals surface area contributed by atoms with Crippen molar-refractivity contribution in [1.29, 1.82) is 0 Å². The van der Waals surface area contributed by atoms with Gasteiger partial charge in [-0.15, -0.1) is 0 Å². The van der Waals surface area contributed by atoms with Crippen LogP contribution in [0.2, 0.25) is 0 Å². The highest BCUT2D eigenvalue weighted by Gasteiger charge is 2.42. The van der Waals surface area contributed by atoms with Gasteiger partial charge in [0.2, 0.25) is 0 Å². The molecular formula is C28H33FN2. The summed E-state index contributed by atoms with van der Waals surface area (Å²) in [6.45, 7) is 10.3. The molecule has 2 nitrogen and oxygen atoms in total. The normalized spacial score (nSPS) is 22.1. The quantitative estimate of drug-likeness (QED) is 0.551. The van der Waals surface area contributed by atoms with Gasteiger partial charge in [-0.05, 0) is 79.4 Å². The van der Waals surface area contributed by atoms with Crippen LogP contribution in [-0.4, -0.2) is 10.5 Å². The van der Waals surface area contributed by atoms with Gasteiger partial charge in [-0.3, -0.25) is 0 Å². The van der Waals surface area contributed by atoms with E-state index in [1.165, 1.54) is 55.2 Å². The number of rotatable bonds is 4. The van der Waals surface area contributed by atoms with E-state index in [0.29, 0.717) is 5.92 Å². The molecule has 31 heavy (non-hydrogen) atoms. The Labute approximate surface area is 185 Å². The summed E-state index contributed by atoms with van der Waals surface area (Å²) < 4.78 is 15.1. The second-order valence-electron chi connectivity index (χ2n) is 9.59. The first kappa shape index (κ1) is 20.5. The van der Waals surface area contributed by atoms with Crippen molar-refractivity contribution < 1.29 is 4.39 Å². The summed E-state index contributed by atoms with van der Waals surface area (Å²) in [6.07, 6.45) is 12.2. The van der Waals surface area contributed by atoms with Gasteiger partial charge < -0.3 is 5.32 Å². The van der Waals surface area contributed by atoms with Crippen LogP contribution < -0.4 is 5.32 Å². The van der Waals surface area contributed by atoms with Crippen LogP contribution in [0, 0.1) is 5.82 Å². The Morgan fingerprint density at radius 2 is 1.90 bits per heavy atom. The van der Waals surface area contributed by atoms with Gasteiger partial charge in [0.05, 0.1) is 5.69 Å². The first-order valence-electron chi connectivity index (χ1n) is 12.1. The van der Waals surface area contributed by atoms with Gasteiger partial charge in [-0.25, -0.2) is 9.37 Å². The second-order valence-corrected chi connectivity index (χ2v) is 9.59. The average Bonchev–Trinajstić information content (AvgIpc) is 3.27. The lowest BCUT2D eigenvalue weighted by atomic mass is 9.69. The number of aromatic nitrogens is 1. The van der Waals surface area contributed by atoms with E-state index in [0.717, 1.165) is 34.6 Å². The van der Waals surface area contributed by atoms with Crippen LogP contribution in [0.4, 0.5) is 10.2 Å².